The van der Waals surface area contributed by atoms with Crippen LogP contribution in [-0.4, -0.2) is 13.1 Å². The first-order valence-electron chi connectivity index (χ1n) is 4.06. The van der Waals surface area contributed by atoms with Gasteiger partial charge in [0, 0.05) is 3.57 Å². The molecule has 0 saturated carbocycles. The first-order chi connectivity index (χ1) is 6.20. The molecule has 3 heteroatoms. The van der Waals surface area contributed by atoms with Crippen molar-refractivity contribution in [1.29, 1.82) is 0 Å². The van der Waals surface area contributed by atoms with Crippen LogP contribution in [0, 0.1) is 3.57 Å². The van der Waals surface area contributed by atoms with Crippen LogP contribution in [-0.2, 0) is 11.2 Å². The summed E-state index contributed by atoms with van der Waals surface area (Å²) in [5, 5.41) is 0. The summed E-state index contributed by atoms with van der Waals surface area (Å²) in [5.74, 6) is -0.264. The summed E-state index contributed by atoms with van der Waals surface area (Å²) in [5.41, 5.74) is 1.84. The van der Waals surface area contributed by atoms with Crippen LogP contribution in [0.4, 0.5) is 0 Å². The van der Waals surface area contributed by atoms with Crippen molar-refractivity contribution in [3.8, 4) is 0 Å². The van der Waals surface area contributed by atoms with Gasteiger partial charge in [0.15, 0.2) is 0 Å². The lowest BCUT2D eigenvalue weighted by Gasteiger charge is -2.05. The van der Waals surface area contributed by atoms with E-state index in [4.69, 9.17) is 0 Å². The van der Waals surface area contributed by atoms with E-state index in [1.807, 2.05) is 12.1 Å². The van der Waals surface area contributed by atoms with Crippen molar-refractivity contribution in [2.75, 3.05) is 7.11 Å². The van der Waals surface area contributed by atoms with E-state index in [2.05, 4.69) is 34.3 Å². The number of esters is 1. The number of carbonyl (C=O) groups is 1. The van der Waals surface area contributed by atoms with Gasteiger partial charge in [-0.1, -0.05) is 19.1 Å². The average Bonchev–Trinajstić information content (AvgIpc) is 2.17. The second kappa shape index (κ2) is 4.60. The molecule has 70 valence electrons. The minimum absolute atomic E-state index is 0.264. The lowest BCUT2D eigenvalue weighted by molar-refractivity contribution is 0.0599. The molecule has 1 rings (SSSR count). The molecule has 0 N–H and O–H groups in total. The lowest BCUT2D eigenvalue weighted by Crippen LogP contribution is -2.05. The maximum Gasteiger partial charge on any atom is 0.338 e. The Morgan fingerprint density at radius 1 is 1.54 bits per heavy atom. The van der Waals surface area contributed by atoms with Crippen molar-refractivity contribution in [2.45, 2.75) is 13.3 Å². The van der Waals surface area contributed by atoms with E-state index in [9.17, 15) is 4.79 Å². The molecule has 0 atom stereocenters. The van der Waals surface area contributed by atoms with Crippen molar-refractivity contribution in [1.82, 2.24) is 0 Å². The highest BCUT2D eigenvalue weighted by Crippen LogP contribution is 2.18. The molecule has 1 aromatic rings. The van der Waals surface area contributed by atoms with E-state index in [-0.39, 0.29) is 5.97 Å². The standard InChI is InChI=1S/C10H11IO2/c1-3-7-5-4-6-8(9(7)11)10(12)13-2/h4-6H,3H2,1-2H3. The Labute approximate surface area is 91.4 Å². The number of hydrogen-bond acceptors (Lipinski definition) is 2. The van der Waals surface area contributed by atoms with Crippen LogP contribution in [0.5, 0.6) is 0 Å². The molecule has 0 fully saturated rings. The average molecular weight is 290 g/mol. The fourth-order valence-corrected chi connectivity index (χ4v) is 2.08. The number of aryl methyl sites for hydroxylation is 1. The number of methoxy groups -OCH3 is 1. The third kappa shape index (κ3) is 2.21. The SMILES string of the molecule is CCc1cccc(C(=O)OC)c1I. The van der Waals surface area contributed by atoms with Crippen molar-refractivity contribution in [3.63, 3.8) is 0 Å². The highest BCUT2D eigenvalue weighted by molar-refractivity contribution is 14.1. The summed E-state index contributed by atoms with van der Waals surface area (Å²) in [7, 11) is 1.40. The fourth-order valence-electron chi connectivity index (χ4n) is 1.12. The monoisotopic (exact) mass is 290 g/mol. The summed E-state index contributed by atoms with van der Waals surface area (Å²) in [4.78, 5) is 11.3. The van der Waals surface area contributed by atoms with Gasteiger partial charge in [-0.05, 0) is 40.6 Å². The van der Waals surface area contributed by atoms with Gasteiger partial charge in [-0.2, -0.15) is 0 Å². The van der Waals surface area contributed by atoms with Crippen LogP contribution in [0.15, 0.2) is 18.2 Å². The van der Waals surface area contributed by atoms with E-state index >= 15 is 0 Å². The Morgan fingerprint density at radius 2 is 2.23 bits per heavy atom. The van der Waals surface area contributed by atoms with Crippen molar-refractivity contribution in [3.05, 3.63) is 32.9 Å². The van der Waals surface area contributed by atoms with Gasteiger partial charge in [0.25, 0.3) is 0 Å². The molecule has 2 nitrogen and oxygen atoms in total. The van der Waals surface area contributed by atoms with Gasteiger partial charge in [-0.3, -0.25) is 0 Å². The van der Waals surface area contributed by atoms with Crippen molar-refractivity contribution >= 4 is 28.6 Å². The molecule has 0 saturated heterocycles. The molecule has 0 spiro atoms. The maximum atomic E-state index is 11.3. The summed E-state index contributed by atoms with van der Waals surface area (Å²) in [6.45, 7) is 2.07. The second-order valence-corrected chi connectivity index (χ2v) is 3.70. The molecular formula is C10H11IO2. The highest BCUT2D eigenvalue weighted by Gasteiger charge is 2.11. The Hall–Kier alpha value is -0.580. The van der Waals surface area contributed by atoms with Crippen LogP contribution >= 0.6 is 22.6 Å². The van der Waals surface area contributed by atoms with Crippen LogP contribution in [0.1, 0.15) is 22.8 Å². The topological polar surface area (TPSA) is 26.3 Å². The van der Waals surface area contributed by atoms with Crippen LogP contribution in [0.2, 0.25) is 0 Å². The molecule has 13 heavy (non-hydrogen) atoms. The Kier molecular flexibility index (Phi) is 3.71. The Morgan fingerprint density at radius 3 is 2.77 bits per heavy atom. The molecule has 0 unspecified atom stereocenters. The van der Waals surface area contributed by atoms with Crippen molar-refractivity contribution < 1.29 is 9.53 Å². The normalized spacial score (nSPS) is 9.77. The zero-order valence-corrected chi connectivity index (χ0v) is 9.79. The molecule has 0 aliphatic rings. The summed E-state index contributed by atoms with van der Waals surface area (Å²) < 4.78 is 5.67. The van der Waals surface area contributed by atoms with Crippen LogP contribution in [0.3, 0.4) is 0 Å². The smallest absolute Gasteiger partial charge is 0.338 e. The third-order valence-corrected chi connectivity index (χ3v) is 3.14. The van der Waals surface area contributed by atoms with Gasteiger partial charge in [0.05, 0.1) is 12.7 Å². The second-order valence-electron chi connectivity index (χ2n) is 2.62. The van der Waals surface area contributed by atoms with E-state index in [1.165, 1.54) is 12.7 Å². The van der Waals surface area contributed by atoms with Crippen molar-refractivity contribution in [2.24, 2.45) is 0 Å². The van der Waals surface area contributed by atoms with Gasteiger partial charge in [-0.15, -0.1) is 0 Å². The summed E-state index contributed by atoms with van der Waals surface area (Å²) in [6.07, 6.45) is 0.934. The quantitative estimate of drug-likeness (QED) is 0.618. The third-order valence-electron chi connectivity index (χ3n) is 1.86. The molecule has 1 aromatic carbocycles. The van der Waals surface area contributed by atoms with Crippen LogP contribution in [0.25, 0.3) is 0 Å². The summed E-state index contributed by atoms with van der Waals surface area (Å²) >= 11 is 2.18. The Bertz CT molecular complexity index is 321. The molecule has 0 heterocycles. The molecule has 0 aliphatic heterocycles. The predicted molar refractivity (Wildman–Crippen MR) is 59.9 cm³/mol. The number of rotatable bonds is 2. The predicted octanol–water partition coefficient (Wildman–Crippen LogP) is 2.64. The molecule has 0 radical (unpaired) electrons. The molecular weight excluding hydrogens is 279 g/mol. The van der Waals surface area contributed by atoms with Gasteiger partial charge >= 0.3 is 5.97 Å². The largest absolute Gasteiger partial charge is 0.465 e. The van der Waals surface area contributed by atoms with E-state index in [0.29, 0.717) is 5.56 Å². The number of halogens is 1. The van der Waals surface area contributed by atoms with Gasteiger partial charge in [0.1, 0.15) is 0 Å². The summed E-state index contributed by atoms with van der Waals surface area (Å²) in [6, 6.07) is 5.69. The van der Waals surface area contributed by atoms with Gasteiger partial charge in [0.2, 0.25) is 0 Å². The lowest BCUT2D eigenvalue weighted by atomic mass is 10.1. The van der Waals surface area contributed by atoms with E-state index in [1.54, 1.807) is 6.07 Å². The molecule has 0 bridgehead atoms. The van der Waals surface area contributed by atoms with Gasteiger partial charge in [-0.25, -0.2) is 4.79 Å². The minimum Gasteiger partial charge on any atom is -0.465 e. The molecule has 0 aromatic heterocycles. The first kappa shape index (κ1) is 10.5. The molecule has 0 aliphatic carbocycles. The fraction of sp³-hybridized carbons (Fsp3) is 0.300. The number of ether oxygens (including phenoxy) is 1. The van der Waals surface area contributed by atoms with E-state index in [0.717, 1.165) is 9.99 Å². The number of carbonyl (C=O) groups excluding carboxylic acids is 1. The molecule has 0 amide bonds. The highest BCUT2D eigenvalue weighted by atomic mass is 127. The van der Waals surface area contributed by atoms with Crippen LogP contribution < -0.4 is 0 Å². The first-order valence-corrected chi connectivity index (χ1v) is 5.14. The zero-order chi connectivity index (χ0) is 9.84. The minimum atomic E-state index is -0.264. The number of benzene rings is 1. The zero-order valence-electron chi connectivity index (χ0n) is 7.63. The van der Waals surface area contributed by atoms with Gasteiger partial charge < -0.3 is 4.74 Å². The van der Waals surface area contributed by atoms with E-state index < -0.39 is 0 Å². The maximum absolute atomic E-state index is 11.3. The Balaban J connectivity index is 3.15. The number of hydrogen-bond donors (Lipinski definition) is 0.